The molecule has 6 aromatic rings. The van der Waals surface area contributed by atoms with Crippen LogP contribution in [0.25, 0.3) is 28.3 Å². The van der Waals surface area contributed by atoms with E-state index in [2.05, 4.69) is 46.7 Å². The fraction of sp³-hybridized carbons (Fsp3) is 0.118. The lowest BCUT2D eigenvalue weighted by Gasteiger charge is -2.11. The zero-order chi connectivity index (χ0) is 29.8. The molecule has 2 N–H and O–H groups in total. The van der Waals surface area contributed by atoms with Gasteiger partial charge in [0.25, 0.3) is 5.91 Å². The van der Waals surface area contributed by atoms with Crippen molar-refractivity contribution in [3.63, 3.8) is 0 Å². The Labute approximate surface area is 248 Å². The molecule has 3 aromatic carbocycles. The summed E-state index contributed by atoms with van der Waals surface area (Å²) in [7, 11) is 4.14. The molecule has 3 heterocycles. The molecule has 1 amide bonds. The van der Waals surface area contributed by atoms with Gasteiger partial charge in [0.05, 0.1) is 17.1 Å². The number of halogens is 1. The van der Waals surface area contributed by atoms with E-state index in [9.17, 15) is 9.18 Å². The average Bonchev–Trinajstić information content (AvgIpc) is 3.42. The van der Waals surface area contributed by atoms with Gasteiger partial charge in [-0.1, -0.05) is 30.3 Å². The molecular weight excluding hydrogens is 541 g/mol. The predicted molar refractivity (Wildman–Crippen MR) is 168 cm³/mol. The maximum atomic E-state index is 13.3. The van der Waals surface area contributed by atoms with Gasteiger partial charge in [-0.25, -0.2) is 19.3 Å². The third-order valence-electron chi connectivity index (χ3n) is 6.99. The van der Waals surface area contributed by atoms with Gasteiger partial charge in [-0.05, 0) is 92.8 Å². The first kappa shape index (κ1) is 27.7. The lowest BCUT2D eigenvalue weighted by molar-refractivity contribution is 0.102. The molecule has 0 spiro atoms. The average molecular weight is 572 g/mol. The van der Waals surface area contributed by atoms with Gasteiger partial charge in [-0.2, -0.15) is 0 Å². The van der Waals surface area contributed by atoms with Crippen molar-refractivity contribution in [1.29, 1.82) is 0 Å². The number of benzene rings is 3. The van der Waals surface area contributed by atoms with Gasteiger partial charge in [-0.15, -0.1) is 0 Å². The molecule has 0 aliphatic heterocycles. The van der Waals surface area contributed by atoms with E-state index < -0.39 is 0 Å². The third kappa shape index (κ3) is 6.42. The van der Waals surface area contributed by atoms with E-state index in [-0.39, 0.29) is 11.7 Å². The summed E-state index contributed by atoms with van der Waals surface area (Å²) in [6.45, 7) is 0.988. The van der Waals surface area contributed by atoms with Crippen LogP contribution in [0.15, 0.2) is 109 Å². The highest BCUT2D eigenvalue weighted by molar-refractivity contribution is 6.05. The number of aromatic nitrogens is 4. The first-order valence-corrected chi connectivity index (χ1v) is 13.9. The van der Waals surface area contributed by atoms with Gasteiger partial charge < -0.3 is 15.5 Å². The fourth-order valence-electron chi connectivity index (χ4n) is 4.77. The number of amides is 1. The molecule has 0 bridgehead atoms. The Morgan fingerprint density at radius 3 is 2.47 bits per heavy atom. The number of anilines is 3. The van der Waals surface area contributed by atoms with Crippen LogP contribution in [0.1, 0.15) is 15.9 Å². The number of nitrogens with zero attached hydrogens (tertiary/aromatic N) is 5. The third-order valence-corrected chi connectivity index (χ3v) is 6.99. The van der Waals surface area contributed by atoms with Crippen molar-refractivity contribution in [2.45, 2.75) is 6.42 Å². The summed E-state index contributed by atoms with van der Waals surface area (Å²) in [6, 6.07) is 28.8. The van der Waals surface area contributed by atoms with Crippen molar-refractivity contribution in [2.24, 2.45) is 0 Å². The normalized spacial score (nSPS) is 11.2. The van der Waals surface area contributed by atoms with Gasteiger partial charge in [0.2, 0.25) is 5.95 Å². The smallest absolute Gasteiger partial charge is 0.255 e. The van der Waals surface area contributed by atoms with Crippen LogP contribution in [0.5, 0.6) is 0 Å². The van der Waals surface area contributed by atoms with Crippen molar-refractivity contribution in [3.8, 4) is 22.6 Å². The van der Waals surface area contributed by atoms with Crippen LogP contribution in [0, 0.1) is 5.82 Å². The summed E-state index contributed by atoms with van der Waals surface area (Å²) in [4.78, 5) is 29.4. The van der Waals surface area contributed by atoms with E-state index in [0.29, 0.717) is 28.6 Å². The molecule has 6 rings (SSSR count). The van der Waals surface area contributed by atoms with Crippen LogP contribution in [0.4, 0.5) is 21.7 Å². The number of carbonyl (C=O) groups excluding carboxylic acids is 1. The topological polar surface area (TPSA) is 87.5 Å². The second-order valence-corrected chi connectivity index (χ2v) is 10.4. The van der Waals surface area contributed by atoms with Crippen LogP contribution in [0.2, 0.25) is 0 Å². The number of rotatable bonds is 9. The Kier molecular flexibility index (Phi) is 7.88. The molecule has 0 atom stereocenters. The lowest BCUT2D eigenvalue weighted by atomic mass is 10.0. The van der Waals surface area contributed by atoms with E-state index in [0.717, 1.165) is 35.6 Å². The molecule has 0 fully saturated rings. The van der Waals surface area contributed by atoms with Crippen LogP contribution in [-0.2, 0) is 6.42 Å². The van der Waals surface area contributed by atoms with Crippen LogP contribution in [-0.4, -0.2) is 50.8 Å². The SMILES string of the molecule is CN(C)CCc1ccc(Nc2nccc(-c3c(-c4cccc(C(=O)Nc5ccc(F)cc5)c4)nc4ccccn34)n2)cc1. The monoisotopic (exact) mass is 571 g/mol. The molecule has 0 aliphatic rings. The molecule has 0 saturated heterocycles. The zero-order valence-electron chi connectivity index (χ0n) is 23.8. The van der Waals surface area contributed by atoms with Gasteiger partial charge in [0.1, 0.15) is 11.5 Å². The number of likely N-dealkylation sites (N-methyl/N-ethyl adjacent to an activating group) is 1. The minimum atomic E-state index is -0.365. The van der Waals surface area contributed by atoms with Gasteiger partial charge in [-0.3, -0.25) is 9.20 Å². The number of fused-ring (bicyclic) bond motifs is 1. The standard InChI is InChI=1S/C34H30FN7O/c1-41(2)21-18-23-9-13-28(14-10-23)38-34-36-19-17-29(39-34)32-31(40-30-8-3-4-20-42(30)32)24-6-5-7-25(22-24)33(43)37-27-15-11-26(35)12-16-27/h3-17,19-20,22H,18,21H2,1-2H3,(H,37,43)(H,36,38,39). The number of hydrogen-bond donors (Lipinski definition) is 2. The summed E-state index contributed by atoms with van der Waals surface area (Å²) >= 11 is 0. The van der Waals surface area contributed by atoms with Crippen LogP contribution in [0.3, 0.4) is 0 Å². The second-order valence-electron chi connectivity index (χ2n) is 10.4. The van der Waals surface area contributed by atoms with Crippen LogP contribution >= 0.6 is 0 Å². The molecule has 9 heteroatoms. The van der Waals surface area contributed by atoms with E-state index in [4.69, 9.17) is 9.97 Å². The maximum Gasteiger partial charge on any atom is 0.255 e. The van der Waals surface area contributed by atoms with Crippen molar-refractivity contribution in [2.75, 3.05) is 31.3 Å². The minimum absolute atomic E-state index is 0.306. The fourth-order valence-corrected chi connectivity index (χ4v) is 4.77. The Balaban J connectivity index is 1.31. The van der Waals surface area contributed by atoms with Crippen molar-refractivity contribution < 1.29 is 9.18 Å². The maximum absolute atomic E-state index is 13.3. The Morgan fingerprint density at radius 1 is 0.884 bits per heavy atom. The predicted octanol–water partition coefficient (Wildman–Crippen LogP) is 6.70. The second kappa shape index (κ2) is 12.2. The largest absolute Gasteiger partial charge is 0.324 e. The summed E-state index contributed by atoms with van der Waals surface area (Å²) in [5.74, 6) is -0.209. The first-order valence-electron chi connectivity index (χ1n) is 13.9. The van der Waals surface area contributed by atoms with Crippen molar-refractivity contribution in [1.82, 2.24) is 24.3 Å². The van der Waals surface area contributed by atoms with Gasteiger partial charge in [0, 0.05) is 41.4 Å². The zero-order valence-corrected chi connectivity index (χ0v) is 23.8. The Hall–Kier alpha value is -5.41. The Morgan fingerprint density at radius 2 is 1.67 bits per heavy atom. The summed E-state index contributed by atoms with van der Waals surface area (Å²) in [5.41, 5.74) is 6.74. The van der Waals surface area contributed by atoms with Crippen molar-refractivity contribution >= 4 is 28.9 Å². The molecule has 8 nitrogen and oxygen atoms in total. The minimum Gasteiger partial charge on any atom is -0.324 e. The molecule has 3 aromatic heterocycles. The highest BCUT2D eigenvalue weighted by Crippen LogP contribution is 2.33. The molecular formula is C34H30FN7O. The van der Waals surface area contributed by atoms with Gasteiger partial charge in [0.15, 0.2) is 0 Å². The highest BCUT2D eigenvalue weighted by Gasteiger charge is 2.19. The molecule has 0 saturated carbocycles. The van der Waals surface area contributed by atoms with E-state index in [1.807, 2.05) is 59.1 Å². The summed E-state index contributed by atoms with van der Waals surface area (Å²) in [6.07, 6.45) is 4.63. The number of imidazole rings is 1. The van der Waals surface area contributed by atoms with E-state index in [1.165, 1.54) is 29.8 Å². The van der Waals surface area contributed by atoms with Crippen LogP contribution < -0.4 is 10.6 Å². The van der Waals surface area contributed by atoms with Crippen molar-refractivity contribution in [3.05, 3.63) is 126 Å². The number of pyridine rings is 1. The molecule has 0 aliphatic carbocycles. The first-order chi connectivity index (χ1) is 20.9. The molecule has 214 valence electrons. The summed E-state index contributed by atoms with van der Waals surface area (Å²) < 4.78 is 15.3. The molecule has 43 heavy (non-hydrogen) atoms. The van der Waals surface area contributed by atoms with E-state index >= 15 is 0 Å². The highest BCUT2D eigenvalue weighted by atomic mass is 19.1. The quantitative estimate of drug-likeness (QED) is 0.201. The molecule has 0 unspecified atom stereocenters. The number of nitrogens with one attached hydrogen (secondary N) is 2. The number of hydrogen-bond acceptors (Lipinski definition) is 6. The van der Waals surface area contributed by atoms with Gasteiger partial charge >= 0.3 is 0 Å². The molecule has 0 radical (unpaired) electrons. The lowest BCUT2D eigenvalue weighted by Crippen LogP contribution is -2.14. The Bertz CT molecular complexity index is 1880. The summed E-state index contributed by atoms with van der Waals surface area (Å²) in [5, 5.41) is 6.14. The number of carbonyl (C=O) groups is 1. The van der Waals surface area contributed by atoms with E-state index in [1.54, 1.807) is 18.3 Å².